The summed E-state index contributed by atoms with van der Waals surface area (Å²) in [5.74, 6) is 0.649. The van der Waals surface area contributed by atoms with Crippen LogP contribution in [0.2, 0.25) is 0 Å². The predicted octanol–water partition coefficient (Wildman–Crippen LogP) is 16.4. The molecule has 0 N–H and O–H groups in total. The number of nitrogens with zero attached hydrogens (tertiary/aromatic N) is 4. The smallest absolute Gasteiger partial charge is 0.235 e. The molecule has 0 atom stereocenters. The fourth-order valence-electron chi connectivity index (χ4n) is 9.95. The molecule has 14 aromatic rings. The second-order valence-corrected chi connectivity index (χ2v) is 18.7. The molecule has 0 aliphatic heterocycles. The summed E-state index contributed by atoms with van der Waals surface area (Å²) in [6, 6.07) is 74.8. The highest BCUT2D eigenvalue weighted by Gasteiger charge is 2.21. The molecule has 0 saturated heterocycles. The largest absolute Gasteiger partial charge is 0.309 e. The van der Waals surface area contributed by atoms with Crippen molar-refractivity contribution in [3.8, 4) is 45.3 Å². The van der Waals surface area contributed by atoms with Gasteiger partial charge in [-0.15, -0.1) is 22.7 Å². The number of thiophene rings is 2. The van der Waals surface area contributed by atoms with Gasteiger partial charge in [-0.2, -0.15) is 0 Å². The van der Waals surface area contributed by atoms with Crippen LogP contribution in [0.25, 0.3) is 129 Å². The van der Waals surface area contributed by atoms with Gasteiger partial charge in [0, 0.05) is 78.7 Å². The Labute approximate surface area is 375 Å². The minimum atomic E-state index is 0.649. The first kappa shape index (κ1) is 35.7. The summed E-state index contributed by atoms with van der Waals surface area (Å²) < 4.78 is 9.86. The van der Waals surface area contributed by atoms with Crippen LogP contribution in [0.3, 0.4) is 0 Å². The third kappa shape index (κ3) is 5.40. The van der Waals surface area contributed by atoms with Crippen LogP contribution in [0.15, 0.2) is 206 Å². The zero-order valence-electron chi connectivity index (χ0n) is 34.2. The first-order valence-corrected chi connectivity index (χ1v) is 23.2. The van der Waals surface area contributed by atoms with Crippen LogP contribution in [-0.4, -0.2) is 19.1 Å². The van der Waals surface area contributed by atoms with E-state index in [0.29, 0.717) is 5.95 Å². The molecule has 0 radical (unpaired) electrons. The van der Waals surface area contributed by atoms with E-state index < -0.39 is 0 Å². The average molecular weight is 851 g/mol. The van der Waals surface area contributed by atoms with Crippen LogP contribution in [0, 0.1) is 0 Å². The van der Waals surface area contributed by atoms with Gasteiger partial charge in [-0.05, 0) is 90.0 Å². The van der Waals surface area contributed by atoms with E-state index in [2.05, 4.69) is 203 Å². The van der Waals surface area contributed by atoms with Crippen LogP contribution in [0.5, 0.6) is 0 Å². The summed E-state index contributed by atoms with van der Waals surface area (Å²) in [6.45, 7) is 0. The number of fused-ring (bicyclic) bond motifs is 12. The second kappa shape index (κ2) is 13.8. The highest BCUT2D eigenvalue weighted by Crippen LogP contribution is 2.44. The third-order valence-corrected chi connectivity index (χ3v) is 15.2. The van der Waals surface area contributed by atoms with Crippen LogP contribution < -0.4 is 0 Å². The SMILES string of the molecule is c1ccc(-c2cc(-c3ccccc3)nc(-n3c4ccc(-c5ccc6c(c5)c5cc7c(cc5n6-c5ccccc5)sc5ccccc57)cc4c4cc5c(cc43)sc3ccccc35)n2)cc1. The van der Waals surface area contributed by atoms with Gasteiger partial charge >= 0.3 is 0 Å². The molecule has 0 unspecified atom stereocenters. The van der Waals surface area contributed by atoms with E-state index in [-0.39, 0.29) is 0 Å². The summed E-state index contributed by atoms with van der Waals surface area (Å²) in [5.41, 5.74) is 11.9. The lowest BCUT2D eigenvalue weighted by molar-refractivity contribution is 0.996. The van der Waals surface area contributed by atoms with Crippen molar-refractivity contribution in [2.75, 3.05) is 0 Å². The van der Waals surface area contributed by atoms with Crippen molar-refractivity contribution in [1.82, 2.24) is 19.1 Å². The Hall–Kier alpha value is -7.90. The monoisotopic (exact) mass is 850 g/mol. The lowest BCUT2D eigenvalue weighted by atomic mass is 10.00. The van der Waals surface area contributed by atoms with Gasteiger partial charge in [-0.3, -0.25) is 4.57 Å². The number of rotatable bonds is 5. The Balaban J connectivity index is 1.03. The Bertz CT molecular complexity index is 4120. The molecule has 5 aromatic heterocycles. The maximum atomic E-state index is 5.36. The number of benzene rings is 9. The molecular formula is C58H34N4S2. The van der Waals surface area contributed by atoms with Gasteiger partial charge in [0.05, 0.1) is 33.5 Å². The zero-order valence-corrected chi connectivity index (χ0v) is 35.9. The van der Waals surface area contributed by atoms with Gasteiger partial charge in [0.1, 0.15) is 0 Å². The quantitative estimate of drug-likeness (QED) is 0.173. The van der Waals surface area contributed by atoms with Crippen molar-refractivity contribution in [2.45, 2.75) is 0 Å². The standard InChI is InChI=1S/C58H34N4S2/c1-4-14-35(15-5-1)48-32-49(36-16-6-2-7-17-36)60-58(59-48)62-51-27-25-38(29-43(51)45-31-47-41-21-11-13-23-55(41)64-57(47)34-53(45)62)37-24-26-50-42(28-37)44-30-46-40-20-10-12-22-54(40)63-56(46)33-52(44)61(50)39-18-8-3-9-19-39/h1-34H. The Morgan fingerprint density at radius 1 is 0.281 bits per heavy atom. The summed E-state index contributed by atoms with van der Waals surface area (Å²) >= 11 is 3.71. The van der Waals surface area contributed by atoms with E-state index in [9.17, 15) is 0 Å². The highest BCUT2D eigenvalue weighted by molar-refractivity contribution is 7.26. The molecule has 0 aliphatic rings. The second-order valence-electron chi connectivity index (χ2n) is 16.6. The Kier molecular flexibility index (Phi) is 7.69. The number of para-hydroxylation sites is 1. The number of hydrogen-bond acceptors (Lipinski definition) is 4. The Morgan fingerprint density at radius 3 is 1.25 bits per heavy atom. The Morgan fingerprint density at radius 2 is 0.719 bits per heavy atom. The fraction of sp³-hybridized carbons (Fsp3) is 0. The van der Waals surface area contributed by atoms with Gasteiger partial charge in [0.25, 0.3) is 0 Å². The molecule has 64 heavy (non-hydrogen) atoms. The van der Waals surface area contributed by atoms with E-state index in [1.807, 2.05) is 34.8 Å². The summed E-state index contributed by atoms with van der Waals surface area (Å²) in [6.07, 6.45) is 0. The summed E-state index contributed by atoms with van der Waals surface area (Å²) in [5, 5.41) is 10.00. The van der Waals surface area contributed by atoms with Crippen molar-refractivity contribution in [3.05, 3.63) is 206 Å². The normalized spacial score (nSPS) is 12.1. The fourth-order valence-corrected chi connectivity index (χ4v) is 12.2. The summed E-state index contributed by atoms with van der Waals surface area (Å²) in [7, 11) is 0. The predicted molar refractivity (Wildman–Crippen MR) is 273 cm³/mol. The van der Waals surface area contributed by atoms with Crippen molar-refractivity contribution < 1.29 is 0 Å². The minimum Gasteiger partial charge on any atom is -0.309 e. The van der Waals surface area contributed by atoms with Gasteiger partial charge in [-0.1, -0.05) is 127 Å². The third-order valence-electron chi connectivity index (χ3n) is 12.9. The molecule has 0 fully saturated rings. The average Bonchev–Trinajstić information content (AvgIpc) is 4.10. The molecule has 0 amide bonds. The van der Waals surface area contributed by atoms with E-state index in [1.165, 1.54) is 73.1 Å². The lowest BCUT2D eigenvalue weighted by Gasteiger charge is -2.12. The molecule has 14 rings (SSSR count). The summed E-state index contributed by atoms with van der Waals surface area (Å²) in [4.78, 5) is 10.7. The van der Waals surface area contributed by atoms with Crippen LogP contribution >= 0.6 is 22.7 Å². The molecule has 298 valence electrons. The zero-order chi connectivity index (χ0) is 41.9. The van der Waals surface area contributed by atoms with Crippen molar-refractivity contribution in [3.63, 3.8) is 0 Å². The van der Waals surface area contributed by atoms with Crippen LogP contribution in [0.1, 0.15) is 0 Å². The van der Waals surface area contributed by atoms with E-state index in [4.69, 9.17) is 9.97 Å². The topological polar surface area (TPSA) is 35.6 Å². The lowest BCUT2D eigenvalue weighted by Crippen LogP contribution is -2.04. The molecule has 0 spiro atoms. The molecular weight excluding hydrogens is 817 g/mol. The molecule has 5 heterocycles. The molecule has 0 bridgehead atoms. The van der Waals surface area contributed by atoms with Crippen molar-refractivity contribution >= 4 is 107 Å². The maximum absolute atomic E-state index is 5.36. The molecule has 9 aromatic carbocycles. The van der Waals surface area contributed by atoms with Crippen molar-refractivity contribution in [2.24, 2.45) is 0 Å². The molecule has 4 nitrogen and oxygen atoms in total. The van der Waals surface area contributed by atoms with Crippen LogP contribution in [-0.2, 0) is 0 Å². The van der Waals surface area contributed by atoms with Crippen LogP contribution in [0.4, 0.5) is 0 Å². The number of aromatic nitrogens is 4. The first-order chi connectivity index (χ1) is 31.7. The molecule has 0 aliphatic carbocycles. The number of hydrogen-bond donors (Lipinski definition) is 0. The van der Waals surface area contributed by atoms with Gasteiger partial charge in [-0.25, -0.2) is 9.97 Å². The highest BCUT2D eigenvalue weighted by atomic mass is 32.1. The first-order valence-electron chi connectivity index (χ1n) is 21.6. The van der Waals surface area contributed by atoms with Crippen molar-refractivity contribution in [1.29, 1.82) is 0 Å². The maximum Gasteiger partial charge on any atom is 0.235 e. The van der Waals surface area contributed by atoms with E-state index in [0.717, 1.165) is 50.2 Å². The van der Waals surface area contributed by atoms with Gasteiger partial charge in [0.2, 0.25) is 5.95 Å². The van der Waals surface area contributed by atoms with Gasteiger partial charge in [0.15, 0.2) is 0 Å². The van der Waals surface area contributed by atoms with E-state index >= 15 is 0 Å². The van der Waals surface area contributed by atoms with Gasteiger partial charge < -0.3 is 4.57 Å². The van der Waals surface area contributed by atoms with E-state index in [1.54, 1.807) is 0 Å². The molecule has 0 saturated carbocycles. The molecule has 6 heteroatoms. The minimum absolute atomic E-state index is 0.649.